The van der Waals surface area contributed by atoms with E-state index in [2.05, 4.69) is 66.6 Å². The molecule has 21 heavy (non-hydrogen) atoms. The van der Waals surface area contributed by atoms with Gasteiger partial charge in [-0.3, -0.25) is 4.98 Å². The van der Waals surface area contributed by atoms with E-state index in [1.165, 1.54) is 33.0 Å². The lowest BCUT2D eigenvalue weighted by molar-refractivity contribution is 0.692. The Morgan fingerprint density at radius 1 is 1.00 bits per heavy atom. The molecule has 1 atom stereocenters. The molecule has 1 unspecified atom stereocenters. The predicted molar refractivity (Wildman–Crippen MR) is 88.6 cm³/mol. The number of hydrogen-bond donors (Lipinski definition) is 1. The van der Waals surface area contributed by atoms with Crippen LogP contribution in [-0.2, 0) is 0 Å². The van der Waals surface area contributed by atoms with Crippen LogP contribution in [0.4, 0.5) is 0 Å². The van der Waals surface area contributed by atoms with Crippen LogP contribution in [0.25, 0.3) is 10.8 Å². The van der Waals surface area contributed by atoms with Crippen LogP contribution in [0.3, 0.4) is 0 Å². The second-order valence-electron chi connectivity index (χ2n) is 5.53. The summed E-state index contributed by atoms with van der Waals surface area (Å²) in [7, 11) is 2.02. The van der Waals surface area contributed by atoms with Gasteiger partial charge < -0.3 is 5.32 Å². The first-order valence-corrected chi connectivity index (χ1v) is 7.28. The molecule has 2 aromatic carbocycles. The summed E-state index contributed by atoms with van der Waals surface area (Å²) in [6.45, 7) is 4.31. The fourth-order valence-corrected chi connectivity index (χ4v) is 2.95. The maximum Gasteiger partial charge on any atom is 0.0583 e. The molecular formula is C19H20N2. The molecule has 0 saturated heterocycles. The topological polar surface area (TPSA) is 24.9 Å². The Hall–Kier alpha value is -2.19. The average Bonchev–Trinajstić information content (AvgIpc) is 2.51. The molecule has 0 aliphatic rings. The van der Waals surface area contributed by atoms with Crippen LogP contribution in [0.2, 0.25) is 0 Å². The van der Waals surface area contributed by atoms with E-state index in [1.54, 1.807) is 0 Å². The third kappa shape index (κ3) is 2.55. The third-order valence-electron chi connectivity index (χ3n) is 4.06. The van der Waals surface area contributed by atoms with Crippen LogP contribution >= 0.6 is 0 Å². The number of nitrogens with one attached hydrogen (secondary N) is 1. The number of aryl methyl sites for hydroxylation is 2. The molecule has 0 spiro atoms. The van der Waals surface area contributed by atoms with E-state index in [9.17, 15) is 0 Å². The highest BCUT2D eigenvalue weighted by atomic mass is 14.9. The number of pyridine rings is 1. The van der Waals surface area contributed by atoms with E-state index in [0.717, 1.165) is 0 Å². The third-order valence-corrected chi connectivity index (χ3v) is 4.06. The molecule has 1 N–H and O–H groups in total. The van der Waals surface area contributed by atoms with Gasteiger partial charge in [-0.05, 0) is 49.0 Å². The van der Waals surface area contributed by atoms with Crippen molar-refractivity contribution >= 4 is 10.8 Å². The first-order valence-electron chi connectivity index (χ1n) is 7.28. The van der Waals surface area contributed by atoms with E-state index in [0.29, 0.717) is 0 Å². The molecule has 0 saturated carbocycles. The highest BCUT2D eigenvalue weighted by molar-refractivity contribution is 5.85. The zero-order chi connectivity index (χ0) is 14.8. The lowest BCUT2D eigenvalue weighted by Crippen LogP contribution is -2.19. The average molecular weight is 276 g/mol. The van der Waals surface area contributed by atoms with Gasteiger partial charge in [0, 0.05) is 17.8 Å². The molecule has 1 aromatic heterocycles. The van der Waals surface area contributed by atoms with Gasteiger partial charge in [0.15, 0.2) is 0 Å². The summed E-state index contributed by atoms with van der Waals surface area (Å²) in [5.41, 5.74) is 5.23. The van der Waals surface area contributed by atoms with Crippen molar-refractivity contribution in [3.63, 3.8) is 0 Å². The molecule has 0 fully saturated rings. The van der Waals surface area contributed by atoms with Crippen LogP contribution in [-0.4, -0.2) is 12.0 Å². The fraction of sp³-hybridized carbons (Fsp3) is 0.211. The van der Waals surface area contributed by atoms with Crippen molar-refractivity contribution < 1.29 is 0 Å². The summed E-state index contributed by atoms with van der Waals surface area (Å²) in [5.74, 6) is 0. The smallest absolute Gasteiger partial charge is 0.0583 e. The van der Waals surface area contributed by atoms with Crippen molar-refractivity contribution in [1.29, 1.82) is 0 Å². The molecular weight excluding hydrogens is 256 g/mol. The number of aromatic nitrogens is 1. The maximum atomic E-state index is 4.22. The zero-order valence-corrected chi connectivity index (χ0v) is 12.7. The Morgan fingerprint density at radius 2 is 1.86 bits per heavy atom. The number of hydrogen-bond acceptors (Lipinski definition) is 2. The van der Waals surface area contributed by atoms with Crippen LogP contribution in [0.5, 0.6) is 0 Å². The van der Waals surface area contributed by atoms with Crippen molar-refractivity contribution in [3.05, 3.63) is 77.1 Å². The first kappa shape index (κ1) is 13.8. The molecule has 3 aromatic rings. The Balaban J connectivity index is 2.21. The molecule has 0 aliphatic carbocycles. The second kappa shape index (κ2) is 5.66. The molecule has 2 nitrogen and oxygen atoms in total. The van der Waals surface area contributed by atoms with E-state index in [-0.39, 0.29) is 6.04 Å². The Morgan fingerprint density at radius 3 is 2.67 bits per heavy atom. The van der Waals surface area contributed by atoms with Crippen molar-refractivity contribution in [2.24, 2.45) is 0 Å². The van der Waals surface area contributed by atoms with Gasteiger partial charge in [0.25, 0.3) is 0 Å². The monoisotopic (exact) mass is 276 g/mol. The predicted octanol–water partition coefficient (Wildman–Crippen LogP) is 4.16. The summed E-state index contributed by atoms with van der Waals surface area (Å²) >= 11 is 0. The SMILES string of the molecule is CNC(c1cc(C)ccc1C)c1cccc2cnccc12. The highest BCUT2D eigenvalue weighted by Crippen LogP contribution is 2.30. The van der Waals surface area contributed by atoms with Gasteiger partial charge in [0.05, 0.1) is 6.04 Å². The Labute approximate surface area is 125 Å². The largest absolute Gasteiger partial charge is 0.309 e. The summed E-state index contributed by atoms with van der Waals surface area (Å²) in [4.78, 5) is 4.22. The van der Waals surface area contributed by atoms with Gasteiger partial charge in [-0.25, -0.2) is 0 Å². The van der Waals surface area contributed by atoms with Gasteiger partial charge in [-0.1, -0.05) is 42.0 Å². The quantitative estimate of drug-likeness (QED) is 0.777. The minimum Gasteiger partial charge on any atom is -0.309 e. The lowest BCUT2D eigenvalue weighted by Gasteiger charge is -2.21. The van der Waals surface area contributed by atoms with Crippen LogP contribution < -0.4 is 5.32 Å². The first-order chi connectivity index (χ1) is 10.2. The van der Waals surface area contributed by atoms with Gasteiger partial charge in [-0.15, -0.1) is 0 Å². The van der Waals surface area contributed by atoms with E-state index >= 15 is 0 Å². The number of nitrogens with zero attached hydrogens (tertiary/aromatic N) is 1. The summed E-state index contributed by atoms with van der Waals surface area (Å²) < 4.78 is 0. The number of fused-ring (bicyclic) bond motifs is 1. The molecule has 0 radical (unpaired) electrons. The van der Waals surface area contributed by atoms with Crippen molar-refractivity contribution in [2.45, 2.75) is 19.9 Å². The zero-order valence-electron chi connectivity index (χ0n) is 12.7. The molecule has 0 aliphatic heterocycles. The second-order valence-corrected chi connectivity index (χ2v) is 5.53. The summed E-state index contributed by atoms with van der Waals surface area (Å²) in [6, 6.07) is 15.3. The number of benzene rings is 2. The Kier molecular flexibility index (Phi) is 3.72. The normalized spacial score (nSPS) is 12.5. The Bertz CT molecular complexity index is 772. The highest BCUT2D eigenvalue weighted by Gasteiger charge is 2.16. The minimum atomic E-state index is 0.191. The van der Waals surface area contributed by atoms with Crippen LogP contribution in [0, 0.1) is 13.8 Å². The molecule has 1 heterocycles. The van der Waals surface area contributed by atoms with Crippen molar-refractivity contribution in [2.75, 3.05) is 7.05 Å². The van der Waals surface area contributed by atoms with Gasteiger partial charge in [0.1, 0.15) is 0 Å². The summed E-state index contributed by atoms with van der Waals surface area (Å²) in [5, 5.41) is 5.91. The molecule has 0 amide bonds. The van der Waals surface area contributed by atoms with Crippen molar-refractivity contribution in [1.82, 2.24) is 10.3 Å². The summed E-state index contributed by atoms with van der Waals surface area (Å²) in [6.07, 6.45) is 3.79. The standard InChI is InChI=1S/C19H20N2/c1-13-7-8-14(2)18(11-13)19(20-3)17-6-4-5-15-12-21-10-9-16(15)17/h4-12,19-20H,1-3H3. The van der Waals surface area contributed by atoms with E-state index in [1.807, 2.05) is 19.4 Å². The van der Waals surface area contributed by atoms with E-state index < -0.39 is 0 Å². The van der Waals surface area contributed by atoms with Gasteiger partial charge in [0.2, 0.25) is 0 Å². The molecule has 3 rings (SSSR count). The molecule has 2 heteroatoms. The maximum absolute atomic E-state index is 4.22. The lowest BCUT2D eigenvalue weighted by atomic mass is 9.91. The van der Waals surface area contributed by atoms with Crippen LogP contribution in [0.15, 0.2) is 54.9 Å². The van der Waals surface area contributed by atoms with E-state index in [4.69, 9.17) is 0 Å². The number of rotatable bonds is 3. The van der Waals surface area contributed by atoms with Gasteiger partial charge in [-0.2, -0.15) is 0 Å². The van der Waals surface area contributed by atoms with Crippen molar-refractivity contribution in [3.8, 4) is 0 Å². The van der Waals surface area contributed by atoms with Crippen LogP contribution in [0.1, 0.15) is 28.3 Å². The molecule has 0 bridgehead atoms. The van der Waals surface area contributed by atoms with Gasteiger partial charge >= 0.3 is 0 Å². The molecule has 106 valence electrons. The fourth-order valence-electron chi connectivity index (χ4n) is 2.95. The minimum absolute atomic E-state index is 0.191.